The van der Waals surface area contributed by atoms with Gasteiger partial charge in [-0.1, -0.05) is 11.6 Å². The van der Waals surface area contributed by atoms with Crippen LogP contribution in [0, 0.1) is 5.92 Å². The minimum atomic E-state index is -0.0578. The molecule has 2 N–H and O–H groups in total. The molecule has 0 unspecified atom stereocenters. The maximum absolute atomic E-state index is 12.0. The van der Waals surface area contributed by atoms with Gasteiger partial charge in [0, 0.05) is 36.1 Å². The van der Waals surface area contributed by atoms with Crippen LogP contribution in [0.5, 0.6) is 5.75 Å². The lowest BCUT2D eigenvalue weighted by Crippen LogP contribution is -2.48. The average molecular weight is 279 g/mol. The molecule has 0 bridgehead atoms. The fraction of sp³-hybridized carbons (Fsp3) is 0.357. The van der Waals surface area contributed by atoms with E-state index in [4.69, 9.17) is 16.3 Å². The summed E-state index contributed by atoms with van der Waals surface area (Å²) in [5.41, 5.74) is 1.50. The Kier molecular flexibility index (Phi) is 3.44. The molecule has 0 atom stereocenters. The molecule has 5 heteroatoms. The fourth-order valence-corrected chi connectivity index (χ4v) is 2.30. The van der Waals surface area contributed by atoms with E-state index < -0.39 is 0 Å². The summed E-state index contributed by atoms with van der Waals surface area (Å²) in [4.78, 5) is 12.0. The van der Waals surface area contributed by atoms with E-state index in [0.29, 0.717) is 29.7 Å². The molecular weight excluding hydrogens is 264 g/mol. The van der Waals surface area contributed by atoms with Gasteiger partial charge in [-0.15, -0.1) is 0 Å². The first-order chi connectivity index (χ1) is 9.22. The van der Waals surface area contributed by atoms with E-state index in [0.717, 1.165) is 24.4 Å². The number of carbonyl (C=O) groups excluding carboxylic acids is 1. The quantitative estimate of drug-likeness (QED) is 0.880. The van der Waals surface area contributed by atoms with Crippen molar-refractivity contribution < 1.29 is 9.53 Å². The molecule has 2 heterocycles. The molecule has 1 aromatic carbocycles. The Hall–Kier alpha value is -1.52. The molecule has 100 valence electrons. The smallest absolute Gasteiger partial charge is 0.250 e. The van der Waals surface area contributed by atoms with Gasteiger partial charge in [-0.3, -0.25) is 4.79 Å². The van der Waals surface area contributed by atoms with E-state index in [9.17, 15) is 4.79 Å². The molecule has 0 aliphatic carbocycles. The minimum absolute atomic E-state index is 0.0578. The van der Waals surface area contributed by atoms with E-state index in [1.165, 1.54) is 0 Å². The van der Waals surface area contributed by atoms with Crippen LogP contribution in [0.4, 0.5) is 0 Å². The first-order valence-electron chi connectivity index (χ1n) is 6.34. The van der Waals surface area contributed by atoms with Crippen molar-refractivity contribution in [2.75, 3.05) is 26.2 Å². The van der Waals surface area contributed by atoms with E-state index in [1.54, 1.807) is 12.1 Å². The standard InChI is InChI=1S/C14H15ClN2O2/c15-12-1-2-13-10(4-12)3-11(8-19-13)14(18)17-7-9-5-16-6-9/h1-4,9,16H,5-8H2,(H,17,18). The largest absolute Gasteiger partial charge is 0.488 e. The van der Waals surface area contributed by atoms with Crippen molar-refractivity contribution in [3.8, 4) is 5.75 Å². The Morgan fingerprint density at radius 2 is 2.32 bits per heavy atom. The van der Waals surface area contributed by atoms with E-state index in [1.807, 2.05) is 12.1 Å². The van der Waals surface area contributed by atoms with Gasteiger partial charge in [0.25, 0.3) is 5.91 Å². The number of benzene rings is 1. The predicted octanol–water partition coefficient (Wildman–Crippen LogP) is 1.45. The molecule has 1 amide bonds. The Bertz CT molecular complexity index is 538. The minimum Gasteiger partial charge on any atom is -0.488 e. The molecule has 1 fully saturated rings. The molecule has 0 aromatic heterocycles. The van der Waals surface area contributed by atoms with Crippen LogP contribution in [0.1, 0.15) is 5.56 Å². The maximum atomic E-state index is 12.0. The lowest BCUT2D eigenvalue weighted by atomic mass is 10.0. The van der Waals surface area contributed by atoms with Crippen LogP contribution in [-0.2, 0) is 4.79 Å². The van der Waals surface area contributed by atoms with Crippen molar-refractivity contribution in [3.63, 3.8) is 0 Å². The number of hydrogen-bond donors (Lipinski definition) is 2. The third-order valence-electron chi connectivity index (χ3n) is 3.39. The van der Waals surface area contributed by atoms with Gasteiger partial charge in [0.2, 0.25) is 0 Å². The van der Waals surface area contributed by atoms with Gasteiger partial charge in [0.15, 0.2) is 0 Å². The van der Waals surface area contributed by atoms with Gasteiger partial charge in [-0.05, 0) is 24.3 Å². The van der Waals surface area contributed by atoms with Crippen molar-refractivity contribution in [1.29, 1.82) is 0 Å². The molecule has 1 saturated heterocycles. The summed E-state index contributed by atoms with van der Waals surface area (Å²) in [6.45, 7) is 2.98. The predicted molar refractivity (Wildman–Crippen MR) is 74.3 cm³/mol. The van der Waals surface area contributed by atoms with Crippen LogP contribution >= 0.6 is 11.6 Å². The van der Waals surface area contributed by atoms with Crippen LogP contribution in [0.25, 0.3) is 6.08 Å². The number of nitrogens with one attached hydrogen (secondary N) is 2. The van der Waals surface area contributed by atoms with Gasteiger partial charge < -0.3 is 15.4 Å². The monoisotopic (exact) mass is 278 g/mol. The molecule has 4 nitrogen and oxygen atoms in total. The highest BCUT2D eigenvalue weighted by Gasteiger charge is 2.20. The summed E-state index contributed by atoms with van der Waals surface area (Å²) in [5.74, 6) is 1.26. The molecule has 19 heavy (non-hydrogen) atoms. The number of halogens is 1. The maximum Gasteiger partial charge on any atom is 0.250 e. The van der Waals surface area contributed by atoms with Gasteiger partial charge in [0.1, 0.15) is 12.4 Å². The lowest BCUT2D eigenvalue weighted by molar-refractivity contribution is -0.118. The van der Waals surface area contributed by atoms with E-state index in [-0.39, 0.29) is 5.91 Å². The zero-order valence-corrected chi connectivity index (χ0v) is 11.2. The highest BCUT2D eigenvalue weighted by atomic mass is 35.5. The van der Waals surface area contributed by atoms with Crippen LogP contribution in [0.15, 0.2) is 23.8 Å². The summed E-state index contributed by atoms with van der Waals surface area (Å²) < 4.78 is 5.56. The summed E-state index contributed by atoms with van der Waals surface area (Å²) in [6, 6.07) is 5.41. The van der Waals surface area contributed by atoms with Crippen molar-refractivity contribution in [2.45, 2.75) is 0 Å². The molecule has 3 rings (SSSR count). The second-order valence-electron chi connectivity index (χ2n) is 4.87. The van der Waals surface area contributed by atoms with Gasteiger partial charge in [-0.2, -0.15) is 0 Å². The lowest BCUT2D eigenvalue weighted by Gasteiger charge is -2.27. The highest BCUT2D eigenvalue weighted by Crippen LogP contribution is 2.28. The van der Waals surface area contributed by atoms with Crippen LogP contribution < -0.4 is 15.4 Å². The molecule has 2 aliphatic heterocycles. The molecule has 0 spiro atoms. The third-order valence-corrected chi connectivity index (χ3v) is 3.63. The van der Waals surface area contributed by atoms with E-state index in [2.05, 4.69) is 10.6 Å². The third kappa shape index (κ3) is 2.74. The number of ether oxygens (including phenoxy) is 1. The molecular formula is C14H15ClN2O2. The van der Waals surface area contributed by atoms with Crippen molar-refractivity contribution in [2.24, 2.45) is 5.92 Å². The second kappa shape index (κ2) is 5.23. The van der Waals surface area contributed by atoms with Crippen LogP contribution in [0.2, 0.25) is 5.02 Å². The van der Waals surface area contributed by atoms with Crippen LogP contribution in [-0.4, -0.2) is 32.1 Å². The molecule has 0 radical (unpaired) electrons. The van der Waals surface area contributed by atoms with Gasteiger partial charge in [-0.25, -0.2) is 0 Å². The number of carbonyl (C=O) groups is 1. The zero-order chi connectivity index (χ0) is 13.2. The molecule has 2 aliphatic rings. The summed E-state index contributed by atoms with van der Waals surface area (Å²) >= 11 is 5.94. The normalized spacial score (nSPS) is 17.8. The van der Waals surface area contributed by atoms with Crippen molar-refractivity contribution >= 4 is 23.6 Å². The highest BCUT2D eigenvalue weighted by molar-refractivity contribution is 6.30. The number of amides is 1. The Morgan fingerprint density at radius 1 is 1.47 bits per heavy atom. The number of hydrogen-bond acceptors (Lipinski definition) is 3. The summed E-state index contributed by atoms with van der Waals surface area (Å²) in [5, 5.41) is 6.76. The summed E-state index contributed by atoms with van der Waals surface area (Å²) in [6.07, 6.45) is 1.85. The fourth-order valence-electron chi connectivity index (χ4n) is 2.12. The van der Waals surface area contributed by atoms with Gasteiger partial charge in [0.05, 0.1) is 5.57 Å². The summed E-state index contributed by atoms with van der Waals surface area (Å²) in [7, 11) is 0. The van der Waals surface area contributed by atoms with Crippen molar-refractivity contribution in [1.82, 2.24) is 10.6 Å². The Morgan fingerprint density at radius 3 is 3.05 bits per heavy atom. The SMILES string of the molecule is O=C(NCC1CNC1)C1=Cc2cc(Cl)ccc2OC1. The van der Waals surface area contributed by atoms with E-state index >= 15 is 0 Å². The first-order valence-corrected chi connectivity index (χ1v) is 6.72. The second-order valence-corrected chi connectivity index (χ2v) is 5.31. The molecule has 0 saturated carbocycles. The Balaban J connectivity index is 1.69. The topological polar surface area (TPSA) is 50.4 Å². The van der Waals surface area contributed by atoms with Crippen LogP contribution in [0.3, 0.4) is 0 Å². The number of rotatable bonds is 3. The average Bonchev–Trinajstić information content (AvgIpc) is 2.35. The van der Waals surface area contributed by atoms with Gasteiger partial charge >= 0.3 is 0 Å². The first kappa shape index (κ1) is 12.5. The van der Waals surface area contributed by atoms with Crippen molar-refractivity contribution in [3.05, 3.63) is 34.4 Å². The zero-order valence-electron chi connectivity index (χ0n) is 10.4. The Labute approximate surface area is 116 Å². The molecule has 1 aromatic rings. The number of fused-ring (bicyclic) bond motifs is 1.